The maximum absolute atomic E-state index is 9.28. The summed E-state index contributed by atoms with van der Waals surface area (Å²) in [5.41, 5.74) is 2.32. The number of benzene rings is 1. The molecule has 0 aliphatic heterocycles. The first-order chi connectivity index (χ1) is 9.20. The van der Waals surface area contributed by atoms with Crippen LogP contribution in [0.15, 0.2) is 24.3 Å². The first kappa shape index (κ1) is 13.7. The molecule has 0 radical (unpaired) electrons. The van der Waals surface area contributed by atoms with Gasteiger partial charge in [-0.2, -0.15) is 5.26 Å². The van der Waals surface area contributed by atoms with Crippen molar-refractivity contribution < 1.29 is 0 Å². The number of nitrogens with zero attached hydrogens (tertiary/aromatic N) is 2. The van der Waals surface area contributed by atoms with Gasteiger partial charge in [-0.15, -0.1) is 0 Å². The van der Waals surface area contributed by atoms with Gasteiger partial charge < -0.3 is 10.2 Å². The Bertz CT molecular complexity index is 430. The molecule has 0 aromatic heterocycles. The summed E-state index contributed by atoms with van der Waals surface area (Å²) < 4.78 is 0. The van der Waals surface area contributed by atoms with E-state index < -0.39 is 0 Å². The summed E-state index contributed by atoms with van der Waals surface area (Å²) in [5, 5.41) is 12.8. The quantitative estimate of drug-likeness (QED) is 0.840. The molecule has 1 N–H and O–H groups in total. The van der Waals surface area contributed by atoms with Gasteiger partial charge in [0.05, 0.1) is 12.0 Å². The van der Waals surface area contributed by atoms with Crippen molar-refractivity contribution in [3.8, 4) is 6.07 Å². The molecule has 0 saturated heterocycles. The average molecular weight is 257 g/mol. The van der Waals surface area contributed by atoms with Crippen LogP contribution in [0.25, 0.3) is 0 Å². The first-order valence-corrected chi connectivity index (χ1v) is 7.14. The van der Waals surface area contributed by atoms with Gasteiger partial charge >= 0.3 is 0 Å². The minimum atomic E-state index is 0.149. The normalized spacial score (nSPS) is 23.2. The van der Waals surface area contributed by atoms with E-state index in [9.17, 15) is 5.26 Å². The lowest BCUT2D eigenvalue weighted by atomic mass is 9.96. The molecule has 1 aromatic rings. The average Bonchev–Trinajstić information content (AvgIpc) is 2.64. The second-order valence-corrected chi connectivity index (χ2v) is 5.57. The molecule has 1 aliphatic rings. The minimum Gasteiger partial charge on any atom is -0.381 e. The SMILES string of the molecule is CN(C)c1ccc(NC2CCCCCC2C#N)cc1. The summed E-state index contributed by atoms with van der Waals surface area (Å²) in [4.78, 5) is 2.09. The topological polar surface area (TPSA) is 39.1 Å². The van der Waals surface area contributed by atoms with Crippen LogP contribution in [-0.4, -0.2) is 20.1 Å². The second-order valence-electron chi connectivity index (χ2n) is 5.57. The van der Waals surface area contributed by atoms with E-state index >= 15 is 0 Å². The van der Waals surface area contributed by atoms with E-state index in [0.29, 0.717) is 6.04 Å². The van der Waals surface area contributed by atoms with Crippen molar-refractivity contribution in [2.45, 2.75) is 38.1 Å². The predicted molar refractivity (Wildman–Crippen MR) is 80.4 cm³/mol. The maximum atomic E-state index is 9.28. The Morgan fingerprint density at radius 1 is 1.11 bits per heavy atom. The van der Waals surface area contributed by atoms with Gasteiger partial charge in [-0.1, -0.05) is 19.3 Å². The lowest BCUT2D eigenvalue weighted by Crippen LogP contribution is -2.27. The van der Waals surface area contributed by atoms with E-state index in [0.717, 1.165) is 18.5 Å². The van der Waals surface area contributed by atoms with E-state index in [1.54, 1.807) is 0 Å². The van der Waals surface area contributed by atoms with Crippen LogP contribution in [0.3, 0.4) is 0 Å². The highest BCUT2D eigenvalue weighted by Gasteiger charge is 2.23. The molecule has 0 amide bonds. The third-order valence-electron chi connectivity index (χ3n) is 3.92. The summed E-state index contributed by atoms with van der Waals surface area (Å²) in [5.74, 6) is 0.149. The molecule has 102 valence electrons. The van der Waals surface area contributed by atoms with Crippen molar-refractivity contribution in [2.24, 2.45) is 5.92 Å². The highest BCUT2D eigenvalue weighted by molar-refractivity contribution is 5.54. The minimum absolute atomic E-state index is 0.149. The third kappa shape index (κ3) is 3.64. The monoisotopic (exact) mass is 257 g/mol. The van der Waals surface area contributed by atoms with Crippen LogP contribution in [-0.2, 0) is 0 Å². The molecule has 3 heteroatoms. The van der Waals surface area contributed by atoms with Crippen LogP contribution in [0, 0.1) is 17.2 Å². The zero-order valence-corrected chi connectivity index (χ0v) is 11.9. The van der Waals surface area contributed by atoms with E-state index in [1.807, 2.05) is 14.1 Å². The van der Waals surface area contributed by atoms with Crippen molar-refractivity contribution in [2.75, 3.05) is 24.3 Å². The Hall–Kier alpha value is -1.69. The predicted octanol–water partition coefficient (Wildman–Crippen LogP) is 3.64. The molecule has 2 atom stereocenters. The Balaban J connectivity index is 2.04. The van der Waals surface area contributed by atoms with Gasteiger partial charge in [-0.3, -0.25) is 0 Å². The number of rotatable bonds is 3. The largest absolute Gasteiger partial charge is 0.381 e. The second kappa shape index (κ2) is 6.47. The molecule has 0 spiro atoms. The maximum Gasteiger partial charge on any atom is 0.0677 e. The van der Waals surface area contributed by atoms with E-state index in [1.165, 1.54) is 24.9 Å². The van der Waals surface area contributed by atoms with Gasteiger partial charge in [0.15, 0.2) is 0 Å². The Morgan fingerprint density at radius 3 is 2.42 bits per heavy atom. The van der Waals surface area contributed by atoms with Gasteiger partial charge in [-0.05, 0) is 37.1 Å². The third-order valence-corrected chi connectivity index (χ3v) is 3.92. The number of nitrogens with one attached hydrogen (secondary N) is 1. The molecule has 0 heterocycles. The molecule has 2 unspecified atom stereocenters. The number of nitriles is 1. The number of hydrogen-bond acceptors (Lipinski definition) is 3. The summed E-state index contributed by atoms with van der Waals surface area (Å²) in [6.07, 6.45) is 5.81. The lowest BCUT2D eigenvalue weighted by molar-refractivity contribution is 0.514. The fourth-order valence-electron chi connectivity index (χ4n) is 2.70. The highest BCUT2D eigenvalue weighted by Crippen LogP contribution is 2.26. The molecule has 0 bridgehead atoms. The molecule has 3 nitrogen and oxygen atoms in total. The van der Waals surface area contributed by atoms with Crippen LogP contribution in [0.4, 0.5) is 11.4 Å². The Morgan fingerprint density at radius 2 is 1.79 bits per heavy atom. The Kier molecular flexibility index (Phi) is 4.68. The summed E-state index contributed by atoms with van der Waals surface area (Å²) in [7, 11) is 4.08. The summed E-state index contributed by atoms with van der Waals surface area (Å²) >= 11 is 0. The van der Waals surface area contributed by atoms with Gasteiger partial charge in [0.25, 0.3) is 0 Å². The molecular formula is C16H23N3. The zero-order chi connectivity index (χ0) is 13.7. The van der Waals surface area contributed by atoms with Crippen LogP contribution in [0.5, 0.6) is 0 Å². The first-order valence-electron chi connectivity index (χ1n) is 7.14. The molecule has 1 fully saturated rings. The zero-order valence-electron chi connectivity index (χ0n) is 11.9. The molecule has 1 aromatic carbocycles. The highest BCUT2D eigenvalue weighted by atomic mass is 15.1. The molecule has 1 aliphatic carbocycles. The van der Waals surface area contributed by atoms with Gasteiger partial charge in [0.1, 0.15) is 0 Å². The van der Waals surface area contributed by atoms with Gasteiger partial charge in [0.2, 0.25) is 0 Å². The standard InChI is InChI=1S/C16H23N3/c1-19(2)15-10-8-14(9-11-15)18-16-7-5-3-4-6-13(16)12-17/h8-11,13,16,18H,3-7H2,1-2H3. The summed E-state index contributed by atoms with van der Waals surface area (Å²) in [6, 6.07) is 11.2. The van der Waals surface area contributed by atoms with Crippen molar-refractivity contribution in [3.05, 3.63) is 24.3 Å². The van der Waals surface area contributed by atoms with E-state index in [2.05, 4.69) is 40.6 Å². The van der Waals surface area contributed by atoms with Crippen LogP contribution >= 0.6 is 0 Å². The van der Waals surface area contributed by atoms with Crippen LogP contribution < -0.4 is 10.2 Å². The fraction of sp³-hybridized carbons (Fsp3) is 0.562. The molecular weight excluding hydrogens is 234 g/mol. The fourth-order valence-corrected chi connectivity index (χ4v) is 2.70. The van der Waals surface area contributed by atoms with E-state index in [-0.39, 0.29) is 5.92 Å². The Labute approximate surface area is 116 Å². The van der Waals surface area contributed by atoms with Crippen molar-refractivity contribution in [3.63, 3.8) is 0 Å². The number of anilines is 2. The summed E-state index contributed by atoms with van der Waals surface area (Å²) in [6.45, 7) is 0. The van der Waals surface area contributed by atoms with Crippen LogP contribution in [0.2, 0.25) is 0 Å². The van der Waals surface area contributed by atoms with Gasteiger partial charge in [0, 0.05) is 31.5 Å². The van der Waals surface area contributed by atoms with Crippen molar-refractivity contribution >= 4 is 11.4 Å². The molecule has 2 rings (SSSR count). The van der Waals surface area contributed by atoms with Crippen LogP contribution in [0.1, 0.15) is 32.1 Å². The molecule has 19 heavy (non-hydrogen) atoms. The van der Waals surface area contributed by atoms with E-state index in [4.69, 9.17) is 0 Å². The lowest BCUT2D eigenvalue weighted by Gasteiger charge is -2.22. The van der Waals surface area contributed by atoms with Gasteiger partial charge in [-0.25, -0.2) is 0 Å². The van der Waals surface area contributed by atoms with Crippen molar-refractivity contribution in [1.82, 2.24) is 0 Å². The number of hydrogen-bond donors (Lipinski definition) is 1. The van der Waals surface area contributed by atoms with Crippen molar-refractivity contribution in [1.29, 1.82) is 5.26 Å². The molecule has 1 saturated carbocycles. The smallest absolute Gasteiger partial charge is 0.0677 e.